The summed E-state index contributed by atoms with van der Waals surface area (Å²) in [7, 11) is 0. The number of amides is 6. The molecule has 2 aliphatic carbocycles. The van der Waals surface area contributed by atoms with E-state index in [0.717, 1.165) is 24.5 Å². The molecule has 4 aliphatic heterocycles. The molecule has 6 heterocycles. The number of carbonyl (C=O) groups is 8. The third-order valence-corrected chi connectivity index (χ3v) is 15.3. The van der Waals surface area contributed by atoms with Crippen LogP contribution in [0.25, 0.3) is 0 Å². The standard InChI is InChI=1S/2C22H24N4O7S.2Na/c2*1-22(2)16(21(32)33)26-19(31)15(20(26)34-22)25-18(30)14(10-6-4-3-5-7-10)24-17(29)11-9-23-13(28)8-12(11)27;;/h2*3-4,7-9,14-16,20H,5-6H2,1-2H3,(H,24,29)(H,25,30)(H,32,33)(H2,23,27,28);;/q;;2*+1/p-2/t2*14?,15-,16+,20-;;/m11../s1. The third-order valence-electron chi connectivity index (χ3n) is 12.1. The number of carbonyl (C=O) groups excluding carboxylic acids is 8. The molecule has 0 spiro atoms. The fourth-order valence-electron chi connectivity index (χ4n) is 8.79. The van der Waals surface area contributed by atoms with E-state index in [1.165, 1.54) is 33.3 Å². The molecule has 2 unspecified atom stereocenters. The first kappa shape index (κ1) is 55.8. The summed E-state index contributed by atoms with van der Waals surface area (Å²) in [4.78, 5) is 130. The van der Waals surface area contributed by atoms with Crippen molar-refractivity contribution < 1.29 is 118 Å². The van der Waals surface area contributed by atoms with Crippen molar-refractivity contribution in [2.75, 3.05) is 0 Å². The van der Waals surface area contributed by atoms with Crippen molar-refractivity contribution >= 4 is 70.9 Å². The molecule has 2 aromatic heterocycles. The first-order valence-electron chi connectivity index (χ1n) is 21.2. The van der Waals surface area contributed by atoms with Crippen molar-refractivity contribution in [3.05, 3.63) is 104 Å². The molecule has 8 rings (SSSR count). The Hall–Kier alpha value is -5.08. The molecule has 4 saturated heterocycles. The number of aromatic amines is 2. The largest absolute Gasteiger partial charge is 1.00 e. The molecule has 8 N–H and O–H groups in total. The van der Waals surface area contributed by atoms with Crippen molar-refractivity contribution in [1.29, 1.82) is 0 Å². The molecule has 22 nitrogen and oxygen atoms in total. The van der Waals surface area contributed by atoms with Gasteiger partial charge in [0.15, 0.2) is 0 Å². The summed E-state index contributed by atoms with van der Waals surface area (Å²) in [6.45, 7) is 6.78. The second-order valence-corrected chi connectivity index (χ2v) is 21.1. The predicted octanol–water partition coefficient (Wildman–Crippen LogP) is -8.49. The van der Waals surface area contributed by atoms with Gasteiger partial charge in [-0.15, -0.1) is 23.5 Å². The summed E-state index contributed by atoms with van der Waals surface area (Å²) in [5, 5.41) is 52.4. The van der Waals surface area contributed by atoms with Crippen LogP contribution in [0.5, 0.6) is 11.5 Å². The molecule has 0 radical (unpaired) electrons. The fraction of sp³-hybridized carbons (Fsp3) is 0.409. The van der Waals surface area contributed by atoms with Crippen molar-refractivity contribution in [3.8, 4) is 11.5 Å². The Morgan fingerprint density at radius 3 is 1.30 bits per heavy atom. The molecule has 6 amide bonds. The third kappa shape index (κ3) is 11.2. The van der Waals surface area contributed by atoms with E-state index in [2.05, 4.69) is 31.2 Å². The Morgan fingerprint density at radius 1 is 0.643 bits per heavy atom. The maximum atomic E-state index is 13.2. The summed E-state index contributed by atoms with van der Waals surface area (Å²) in [5.41, 5.74) is -0.451. The Balaban J connectivity index is 0.000000254. The van der Waals surface area contributed by atoms with Crippen LogP contribution in [0.4, 0.5) is 0 Å². The number of hydrogen-bond acceptors (Lipinski definition) is 16. The minimum Gasteiger partial charge on any atom is -0.548 e. The number of nitrogens with one attached hydrogen (secondary N) is 6. The molecular formula is C44H46N8Na2O14S2. The van der Waals surface area contributed by atoms with Crippen LogP contribution in [0.1, 0.15) is 74.1 Å². The Labute approximate surface area is 451 Å². The summed E-state index contributed by atoms with van der Waals surface area (Å²) in [6, 6.07) is -4.75. The number of aromatic nitrogens is 2. The first-order valence-corrected chi connectivity index (χ1v) is 22.9. The molecular weight excluding hydrogens is 975 g/mol. The number of aromatic hydroxyl groups is 2. The van der Waals surface area contributed by atoms with Crippen LogP contribution in [-0.4, -0.2) is 134 Å². The van der Waals surface area contributed by atoms with E-state index in [-0.39, 0.29) is 70.2 Å². The van der Waals surface area contributed by atoms with Crippen molar-refractivity contribution in [3.63, 3.8) is 0 Å². The molecule has 0 aromatic carbocycles. The van der Waals surface area contributed by atoms with Gasteiger partial charge in [0.05, 0.1) is 35.1 Å². The van der Waals surface area contributed by atoms with Crippen LogP contribution in [-0.2, 0) is 28.8 Å². The summed E-state index contributed by atoms with van der Waals surface area (Å²) < 4.78 is -1.60. The zero-order chi connectivity index (χ0) is 49.6. The number of aliphatic carboxylic acids is 2. The quantitative estimate of drug-likeness (QED) is 0.0556. The van der Waals surface area contributed by atoms with Gasteiger partial charge in [0.1, 0.15) is 46.4 Å². The topological polar surface area (TPSA) is 343 Å². The van der Waals surface area contributed by atoms with E-state index >= 15 is 0 Å². The number of carboxylic acids is 2. The number of rotatable bonds is 12. The molecule has 6 aliphatic rings. The van der Waals surface area contributed by atoms with Crippen molar-refractivity contribution in [2.45, 2.75) is 110 Å². The number of thioether (sulfide) groups is 2. The van der Waals surface area contributed by atoms with Crippen LogP contribution in [0.3, 0.4) is 0 Å². The predicted molar refractivity (Wildman–Crippen MR) is 239 cm³/mol. The normalized spacial score (nSPS) is 24.9. The summed E-state index contributed by atoms with van der Waals surface area (Å²) >= 11 is 2.52. The molecule has 26 heteroatoms. The van der Waals surface area contributed by atoms with E-state index in [1.54, 1.807) is 39.8 Å². The van der Waals surface area contributed by atoms with E-state index < -0.39 is 126 Å². The number of nitrogens with zero attached hydrogens (tertiary/aromatic N) is 2. The fourth-order valence-corrected chi connectivity index (χ4v) is 12.0. The monoisotopic (exact) mass is 1020 g/mol. The second-order valence-electron chi connectivity index (χ2n) is 17.5. The van der Waals surface area contributed by atoms with E-state index in [1.807, 2.05) is 24.3 Å². The van der Waals surface area contributed by atoms with Gasteiger partial charge < -0.3 is 71.1 Å². The van der Waals surface area contributed by atoms with Gasteiger partial charge in [-0.2, -0.15) is 0 Å². The number of hydrogen-bond donors (Lipinski definition) is 8. The van der Waals surface area contributed by atoms with Crippen molar-refractivity contribution in [1.82, 2.24) is 41.0 Å². The summed E-state index contributed by atoms with van der Waals surface area (Å²) in [5.74, 6) is -7.75. The molecule has 2 aromatic rings. The Morgan fingerprint density at radius 2 is 1.00 bits per heavy atom. The molecule has 0 saturated carbocycles. The van der Waals surface area contributed by atoms with E-state index in [4.69, 9.17) is 0 Å². The maximum absolute atomic E-state index is 13.2. The molecule has 4 fully saturated rings. The number of H-pyrrole nitrogens is 2. The molecule has 70 heavy (non-hydrogen) atoms. The maximum Gasteiger partial charge on any atom is 1.00 e. The first-order chi connectivity index (χ1) is 32.0. The summed E-state index contributed by atoms with van der Waals surface area (Å²) in [6.07, 6.45) is 15.0. The van der Waals surface area contributed by atoms with Crippen LogP contribution < -0.4 is 102 Å². The minimum atomic E-state index is -1.36. The number of fused-ring (bicyclic) bond motifs is 2. The van der Waals surface area contributed by atoms with Crippen LogP contribution in [0, 0.1) is 0 Å². The van der Waals surface area contributed by atoms with Gasteiger partial charge in [-0.3, -0.25) is 38.4 Å². The van der Waals surface area contributed by atoms with E-state index in [0.29, 0.717) is 36.8 Å². The zero-order valence-electron chi connectivity index (χ0n) is 38.7. The smallest absolute Gasteiger partial charge is 0.548 e. The van der Waals surface area contributed by atoms with E-state index in [9.17, 15) is 68.4 Å². The van der Waals surface area contributed by atoms with Crippen LogP contribution >= 0.6 is 23.5 Å². The average molecular weight is 1020 g/mol. The van der Waals surface area contributed by atoms with Gasteiger partial charge in [-0.05, 0) is 64.5 Å². The second kappa shape index (κ2) is 22.1. The van der Waals surface area contributed by atoms with Crippen LogP contribution in [0.15, 0.2) is 81.7 Å². The molecule has 8 atom stereocenters. The SMILES string of the molecule is CC1(C)S[C@@H]2[C@H](NC(=O)C(NC(=O)c3c[nH]c(=O)cc3O)C3=CCC=CC3)C(=O)N2[C@H]1C(=O)[O-].CC1(C)S[C@@H]2[C@H](NC(=O)C(NC(=O)c3c[nH]c(=O)cc3O)C3=CCC=CC3)C(=O)N2[C@H]1C(=O)[O-].[Na+].[Na+]. The van der Waals surface area contributed by atoms with Gasteiger partial charge in [0.2, 0.25) is 23.6 Å². The van der Waals surface area contributed by atoms with Gasteiger partial charge in [0, 0.05) is 34.0 Å². The van der Waals surface area contributed by atoms with Gasteiger partial charge in [-0.25, -0.2) is 0 Å². The van der Waals surface area contributed by atoms with Gasteiger partial charge >= 0.3 is 59.1 Å². The number of allylic oxidation sites excluding steroid dienone is 6. The van der Waals surface area contributed by atoms with Crippen LogP contribution in [0.2, 0.25) is 0 Å². The number of pyridine rings is 2. The minimum absolute atomic E-state index is 0. The number of β-lactam (4-membered cyclic amide) rings is 2. The zero-order valence-corrected chi connectivity index (χ0v) is 44.4. The van der Waals surface area contributed by atoms with Gasteiger partial charge in [0.25, 0.3) is 22.9 Å². The van der Waals surface area contributed by atoms with Crippen molar-refractivity contribution in [2.24, 2.45) is 0 Å². The molecule has 360 valence electrons. The molecule has 0 bridgehead atoms. The Bertz CT molecular complexity index is 2570. The van der Waals surface area contributed by atoms with Gasteiger partial charge in [-0.1, -0.05) is 36.5 Å². The number of carboxylic acid groups (broad SMARTS) is 2. The Kier molecular flexibility index (Phi) is 17.7. The average Bonchev–Trinajstić information content (AvgIpc) is 3.70.